The Bertz CT molecular complexity index is 513. The summed E-state index contributed by atoms with van der Waals surface area (Å²) in [5, 5.41) is 0. The van der Waals surface area contributed by atoms with Gasteiger partial charge in [0.05, 0.1) is 6.04 Å². The Hall–Kier alpha value is -1.54. The molecule has 0 amide bonds. The molecule has 2 rings (SSSR count). The Labute approximate surface area is 102 Å². The standard InChI is InChI=1S/C15H19NO/c1-10-4-6-13(8-11(10)2)9-14(16)15-7-5-12(3)17-15/h4-8,14H,9,16H2,1-3H3. The number of aryl methyl sites for hydroxylation is 3. The van der Waals surface area contributed by atoms with E-state index < -0.39 is 0 Å². The van der Waals surface area contributed by atoms with E-state index >= 15 is 0 Å². The molecule has 0 radical (unpaired) electrons. The van der Waals surface area contributed by atoms with Crippen LogP contribution in [0.1, 0.15) is 34.3 Å². The Morgan fingerprint density at radius 1 is 1.06 bits per heavy atom. The van der Waals surface area contributed by atoms with Crippen LogP contribution in [-0.4, -0.2) is 0 Å². The summed E-state index contributed by atoms with van der Waals surface area (Å²) in [5.41, 5.74) is 10.0. The van der Waals surface area contributed by atoms with Gasteiger partial charge in [-0.25, -0.2) is 0 Å². The molecular formula is C15H19NO. The maximum absolute atomic E-state index is 6.13. The lowest BCUT2D eigenvalue weighted by Gasteiger charge is -2.10. The first kappa shape index (κ1) is 11.9. The molecule has 2 heteroatoms. The second-order valence-electron chi connectivity index (χ2n) is 4.68. The van der Waals surface area contributed by atoms with Crippen molar-refractivity contribution in [3.05, 3.63) is 58.5 Å². The van der Waals surface area contributed by atoms with Crippen LogP contribution in [0.15, 0.2) is 34.7 Å². The van der Waals surface area contributed by atoms with Crippen LogP contribution in [0.4, 0.5) is 0 Å². The Morgan fingerprint density at radius 2 is 1.82 bits per heavy atom. The van der Waals surface area contributed by atoms with Gasteiger partial charge in [-0.05, 0) is 56.0 Å². The average molecular weight is 229 g/mol. The first-order chi connectivity index (χ1) is 8.06. The van der Waals surface area contributed by atoms with E-state index in [2.05, 4.69) is 32.0 Å². The summed E-state index contributed by atoms with van der Waals surface area (Å²) >= 11 is 0. The molecule has 0 fully saturated rings. The monoisotopic (exact) mass is 229 g/mol. The molecule has 0 aliphatic rings. The minimum Gasteiger partial charge on any atom is -0.465 e. The number of furan rings is 1. The van der Waals surface area contributed by atoms with Crippen molar-refractivity contribution < 1.29 is 4.42 Å². The van der Waals surface area contributed by atoms with Gasteiger partial charge >= 0.3 is 0 Å². The normalized spacial score (nSPS) is 12.7. The molecule has 2 nitrogen and oxygen atoms in total. The molecule has 2 aromatic rings. The van der Waals surface area contributed by atoms with Gasteiger partial charge in [-0.2, -0.15) is 0 Å². The zero-order valence-corrected chi connectivity index (χ0v) is 10.7. The van der Waals surface area contributed by atoms with Crippen molar-refractivity contribution in [3.8, 4) is 0 Å². The summed E-state index contributed by atoms with van der Waals surface area (Å²) in [6, 6.07) is 10.3. The third kappa shape index (κ3) is 2.77. The van der Waals surface area contributed by atoms with Crippen molar-refractivity contribution >= 4 is 0 Å². The van der Waals surface area contributed by atoms with E-state index in [1.165, 1.54) is 16.7 Å². The highest BCUT2D eigenvalue weighted by atomic mass is 16.3. The van der Waals surface area contributed by atoms with Crippen LogP contribution in [0.2, 0.25) is 0 Å². The smallest absolute Gasteiger partial charge is 0.121 e. The van der Waals surface area contributed by atoms with Crippen molar-refractivity contribution in [1.82, 2.24) is 0 Å². The van der Waals surface area contributed by atoms with Gasteiger partial charge in [0.2, 0.25) is 0 Å². The fourth-order valence-electron chi connectivity index (χ4n) is 1.94. The first-order valence-electron chi connectivity index (χ1n) is 5.94. The zero-order chi connectivity index (χ0) is 12.4. The molecule has 1 aromatic heterocycles. The van der Waals surface area contributed by atoms with Crippen molar-refractivity contribution in [2.45, 2.75) is 33.2 Å². The summed E-state index contributed by atoms with van der Waals surface area (Å²) in [5.74, 6) is 1.77. The minimum atomic E-state index is -0.0641. The lowest BCUT2D eigenvalue weighted by atomic mass is 10.0. The number of hydrogen-bond acceptors (Lipinski definition) is 2. The molecule has 0 aliphatic heterocycles. The molecule has 0 saturated carbocycles. The predicted molar refractivity (Wildman–Crippen MR) is 70.0 cm³/mol. The molecule has 0 bridgehead atoms. The Kier molecular flexibility index (Phi) is 3.34. The van der Waals surface area contributed by atoms with Crippen molar-refractivity contribution in [3.63, 3.8) is 0 Å². The van der Waals surface area contributed by atoms with Crippen LogP contribution in [-0.2, 0) is 6.42 Å². The average Bonchev–Trinajstić information content (AvgIpc) is 2.70. The van der Waals surface area contributed by atoms with Crippen LogP contribution in [0.25, 0.3) is 0 Å². The number of benzene rings is 1. The third-order valence-corrected chi connectivity index (χ3v) is 3.15. The largest absolute Gasteiger partial charge is 0.465 e. The van der Waals surface area contributed by atoms with E-state index in [0.29, 0.717) is 0 Å². The molecule has 2 N–H and O–H groups in total. The van der Waals surface area contributed by atoms with E-state index in [0.717, 1.165) is 17.9 Å². The van der Waals surface area contributed by atoms with Gasteiger partial charge in [0.1, 0.15) is 11.5 Å². The third-order valence-electron chi connectivity index (χ3n) is 3.15. The second-order valence-corrected chi connectivity index (χ2v) is 4.68. The molecule has 1 aromatic carbocycles. The first-order valence-corrected chi connectivity index (χ1v) is 5.94. The molecule has 0 spiro atoms. The summed E-state index contributed by atoms with van der Waals surface area (Å²) in [6.45, 7) is 6.18. The maximum atomic E-state index is 6.13. The summed E-state index contributed by atoms with van der Waals surface area (Å²) in [6.07, 6.45) is 0.814. The highest BCUT2D eigenvalue weighted by molar-refractivity contribution is 5.30. The lowest BCUT2D eigenvalue weighted by Crippen LogP contribution is -2.12. The van der Waals surface area contributed by atoms with Crippen molar-refractivity contribution in [2.75, 3.05) is 0 Å². The highest BCUT2D eigenvalue weighted by Crippen LogP contribution is 2.19. The van der Waals surface area contributed by atoms with Crippen molar-refractivity contribution in [1.29, 1.82) is 0 Å². The van der Waals surface area contributed by atoms with Gasteiger partial charge in [0.15, 0.2) is 0 Å². The van der Waals surface area contributed by atoms with Crippen LogP contribution >= 0.6 is 0 Å². The predicted octanol–water partition coefficient (Wildman–Crippen LogP) is 3.45. The second kappa shape index (κ2) is 4.76. The fourth-order valence-corrected chi connectivity index (χ4v) is 1.94. The number of hydrogen-bond donors (Lipinski definition) is 1. The van der Waals surface area contributed by atoms with Crippen molar-refractivity contribution in [2.24, 2.45) is 5.73 Å². The van der Waals surface area contributed by atoms with E-state index in [1.54, 1.807) is 0 Å². The number of rotatable bonds is 3. The van der Waals surface area contributed by atoms with Gasteiger partial charge in [-0.3, -0.25) is 0 Å². The van der Waals surface area contributed by atoms with Crippen LogP contribution in [0.3, 0.4) is 0 Å². The highest BCUT2D eigenvalue weighted by Gasteiger charge is 2.11. The lowest BCUT2D eigenvalue weighted by molar-refractivity contribution is 0.445. The minimum absolute atomic E-state index is 0.0641. The molecule has 0 saturated heterocycles. The fraction of sp³-hybridized carbons (Fsp3) is 0.333. The van der Waals surface area contributed by atoms with E-state index in [9.17, 15) is 0 Å². The van der Waals surface area contributed by atoms with Gasteiger partial charge in [0.25, 0.3) is 0 Å². The topological polar surface area (TPSA) is 39.2 Å². The number of nitrogens with two attached hydrogens (primary N) is 1. The van der Waals surface area contributed by atoms with Crippen LogP contribution in [0.5, 0.6) is 0 Å². The summed E-state index contributed by atoms with van der Waals surface area (Å²) in [7, 11) is 0. The maximum Gasteiger partial charge on any atom is 0.121 e. The van der Waals surface area contributed by atoms with E-state index in [-0.39, 0.29) is 6.04 Å². The summed E-state index contributed by atoms with van der Waals surface area (Å²) < 4.78 is 5.55. The van der Waals surface area contributed by atoms with E-state index in [1.807, 2.05) is 19.1 Å². The molecule has 0 aliphatic carbocycles. The summed E-state index contributed by atoms with van der Waals surface area (Å²) in [4.78, 5) is 0. The quantitative estimate of drug-likeness (QED) is 0.875. The SMILES string of the molecule is Cc1ccc(C(N)Cc2ccc(C)c(C)c2)o1. The molecular weight excluding hydrogens is 210 g/mol. The molecule has 1 heterocycles. The molecule has 1 atom stereocenters. The van der Waals surface area contributed by atoms with Gasteiger partial charge < -0.3 is 10.2 Å². The molecule has 90 valence electrons. The molecule has 1 unspecified atom stereocenters. The van der Waals surface area contributed by atoms with Crippen LogP contribution < -0.4 is 5.73 Å². The zero-order valence-electron chi connectivity index (χ0n) is 10.7. The van der Waals surface area contributed by atoms with Gasteiger partial charge in [0, 0.05) is 0 Å². The van der Waals surface area contributed by atoms with Gasteiger partial charge in [-0.15, -0.1) is 0 Å². The van der Waals surface area contributed by atoms with Gasteiger partial charge in [-0.1, -0.05) is 18.2 Å². The Morgan fingerprint density at radius 3 is 2.41 bits per heavy atom. The molecule has 17 heavy (non-hydrogen) atoms. The van der Waals surface area contributed by atoms with Crippen LogP contribution in [0, 0.1) is 20.8 Å². The van der Waals surface area contributed by atoms with E-state index in [4.69, 9.17) is 10.2 Å². The Balaban J connectivity index is 2.12.